The molecule has 0 saturated carbocycles. The highest BCUT2D eigenvalue weighted by molar-refractivity contribution is 8.15. The van der Waals surface area contributed by atoms with Gasteiger partial charge in [-0.15, -0.1) is 8.25 Å². The minimum absolute atomic E-state index is 0.0402. The van der Waals surface area contributed by atoms with E-state index in [1.165, 1.54) is 6.92 Å². The van der Waals surface area contributed by atoms with E-state index in [0.717, 1.165) is 0 Å². The highest BCUT2D eigenvalue weighted by Crippen LogP contribution is 2.24. The van der Waals surface area contributed by atoms with Gasteiger partial charge in [0.25, 0.3) is 0 Å². The van der Waals surface area contributed by atoms with Crippen molar-refractivity contribution in [3.8, 4) is 0 Å². The summed E-state index contributed by atoms with van der Waals surface area (Å²) < 4.78 is 129. The fraction of sp³-hybridized carbons (Fsp3) is 0.833. The van der Waals surface area contributed by atoms with Crippen LogP contribution in [0.1, 0.15) is 19.8 Å². The Balaban J connectivity index is 5.92. The van der Waals surface area contributed by atoms with Crippen LogP contribution in [-0.4, -0.2) is 37.4 Å². The third-order valence-corrected chi connectivity index (χ3v) is 7.38. The average molecular weight is 400 g/mol. The SMILES string of the molecule is CCCC=S(=O)(NS(=O)(=O)C(F)(F)F)NS(=O)(=O)C(F)(F)F. The lowest BCUT2D eigenvalue weighted by molar-refractivity contribution is -0.0443. The molecule has 0 aliphatic rings. The van der Waals surface area contributed by atoms with Crippen LogP contribution in [0.3, 0.4) is 0 Å². The van der Waals surface area contributed by atoms with Gasteiger partial charge in [-0.2, -0.15) is 26.3 Å². The molecule has 0 aliphatic heterocycles. The van der Waals surface area contributed by atoms with Crippen LogP contribution in [0.25, 0.3) is 0 Å². The fourth-order valence-electron chi connectivity index (χ4n) is 0.789. The highest BCUT2D eigenvalue weighted by Gasteiger charge is 2.51. The van der Waals surface area contributed by atoms with Crippen LogP contribution in [0.5, 0.6) is 0 Å². The van der Waals surface area contributed by atoms with E-state index in [1.807, 2.05) is 0 Å². The molecule has 0 aromatic carbocycles. The number of unbranched alkanes of at least 4 members (excludes halogenated alkanes) is 1. The van der Waals surface area contributed by atoms with E-state index >= 15 is 0 Å². The molecule has 0 aliphatic carbocycles. The van der Waals surface area contributed by atoms with Crippen LogP contribution in [0.15, 0.2) is 0 Å². The van der Waals surface area contributed by atoms with Gasteiger partial charge < -0.3 is 0 Å². The van der Waals surface area contributed by atoms with Gasteiger partial charge in [0.2, 0.25) is 0 Å². The molecule has 0 rings (SSSR count). The van der Waals surface area contributed by atoms with Crippen LogP contribution in [0.2, 0.25) is 0 Å². The first-order valence-corrected chi connectivity index (χ1v) is 9.63. The molecule has 0 saturated heterocycles. The van der Waals surface area contributed by atoms with Crippen LogP contribution >= 0.6 is 0 Å². The summed E-state index contributed by atoms with van der Waals surface area (Å²) in [6.45, 7) is 1.37. The molecular weight excluding hydrogens is 390 g/mol. The quantitative estimate of drug-likeness (QED) is 0.501. The Morgan fingerprint density at radius 1 is 0.818 bits per heavy atom. The second-order valence-corrected chi connectivity index (χ2v) is 9.43. The number of hydrogen-bond acceptors (Lipinski definition) is 5. The summed E-state index contributed by atoms with van der Waals surface area (Å²) in [4.78, 5) is 0. The Morgan fingerprint density at radius 2 is 1.14 bits per heavy atom. The lowest BCUT2D eigenvalue weighted by Gasteiger charge is -2.17. The van der Waals surface area contributed by atoms with Gasteiger partial charge in [-0.3, -0.25) is 0 Å². The second kappa shape index (κ2) is 6.50. The van der Waals surface area contributed by atoms with Gasteiger partial charge in [-0.05, 0) is 11.8 Å². The molecule has 0 aromatic rings. The van der Waals surface area contributed by atoms with E-state index in [-0.39, 0.29) is 11.8 Å². The lowest BCUT2D eigenvalue weighted by atomic mass is 10.4. The average Bonchev–Trinajstić information content (AvgIpc) is 2.21. The van der Waals surface area contributed by atoms with Crippen LogP contribution < -0.4 is 8.25 Å². The van der Waals surface area contributed by atoms with E-state index in [2.05, 4.69) is 0 Å². The second-order valence-electron chi connectivity index (χ2n) is 3.62. The van der Waals surface area contributed by atoms with Gasteiger partial charge in [0.1, 0.15) is 9.89 Å². The first kappa shape index (κ1) is 21.4. The minimum atomic E-state index is -6.35. The minimum Gasteiger partial charge on any atom is -0.235 e. The molecule has 2 N–H and O–H groups in total. The monoisotopic (exact) mass is 400 g/mol. The molecule has 0 aromatic heterocycles. The highest BCUT2D eigenvalue weighted by atomic mass is 32.3. The van der Waals surface area contributed by atoms with Crippen molar-refractivity contribution < 1.29 is 47.4 Å². The van der Waals surface area contributed by atoms with Crippen LogP contribution in [0, 0.1) is 0 Å². The lowest BCUT2D eigenvalue weighted by Crippen LogP contribution is -2.51. The maximum atomic E-state index is 12.2. The molecule has 0 atom stereocenters. The van der Waals surface area contributed by atoms with E-state index in [9.17, 15) is 47.4 Å². The third kappa shape index (κ3) is 5.56. The van der Waals surface area contributed by atoms with Gasteiger partial charge >= 0.3 is 31.1 Å². The zero-order valence-corrected chi connectivity index (χ0v) is 13.0. The zero-order valence-electron chi connectivity index (χ0n) is 10.5. The smallest absolute Gasteiger partial charge is 0.235 e. The number of alkyl halides is 6. The van der Waals surface area contributed by atoms with E-state index in [1.54, 1.807) is 0 Å². The number of halogens is 6. The van der Waals surface area contributed by atoms with E-state index in [0.29, 0.717) is 8.25 Å². The fourth-order valence-corrected chi connectivity index (χ4v) is 5.71. The van der Waals surface area contributed by atoms with E-state index in [4.69, 9.17) is 0 Å². The topological polar surface area (TPSA) is 109 Å². The van der Waals surface area contributed by atoms with Crippen molar-refractivity contribution in [2.24, 2.45) is 0 Å². The molecule has 16 heteroatoms. The standard InChI is InChI=1S/C6H10F6N2O5S3/c1-2-3-4-20(15,13-21(16,17)5(7,8)9)14-22(18,19)6(10,11)12/h4H,2-3H2,1H3,(H2,13,14,15). The molecule has 0 heterocycles. The Labute approximate surface area is 122 Å². The summed E-state index contributed by atoms with van der Waals surface area (Å²) >= 11 is 0. The Kier molecular flexibility index (Phi) is 6.33. The molecular formula is C6H10F6N2O5S3. The predicted molar refractivity (Wildman–Crippen MR) is 65.3 cm³/mol. The van der Waals surface area contributed by atoms with Crippen molar-refractivity contribution in [3.63, 3.8) is 0 Å². The maximum absolute atomic E-state index is 12.2. The van der Waals surface area contributed by atoms with Gasteiger partial charge in [0, 0.05) is 0 Å². The van der Waals surface area contributed by atoms with Gasteiger partial charge in [-0.25, -0.2) is 21.0 Å². The first-order valence-electron chi connectivity index (χ1n) is 5.04. The van der Waals surface area contributed by atoms with Gasteiger partial charge in [0.05, 0.1) is 0 Å². The molecule has 7 nitrogen and oxygen atoms in total. The summed E-state index contributed by atoms with van der Waals surface area (Å²) in [7, 11) is -17.8. The maximum Gasteiger partial charge on any atom is 0.512 e. The molecule has 0 unspecified atom stereocenters. The molecule has 134 valence electrons. The van der Waals surface area contributed by atoms with Crippen LogP contribution in [0.4, 0.5) is 26.3 Å². The summed E-state index contributed by atoms with van der Waals surface area (Å²) in [5, 5.41) is 0.180. The van der Waals surface area contributed by atoms with Crippen molar-refractivity contribution in [1.82, 2.24) is 8.25 Å². The molecule has 0 fully saturated rings. The number of rotatable bonds is 6. The molecule has 0 radical (unpaired) electrons. The summed E-state index contributed by atoms with van der Waals surface area (Å²) in [5.74, 6) is 0. The largest absolute Gasteiger partial charge is 0.512 e. The molecule has 0 spiro atoms. The molecule has 22 heavy (non-hydrogen) atoms. The Bertz CT molecular complexity index is 661. The van der Waals surface area contributed by atoms with Crippen LogP contribution in [-0.2, 0) is 29.9 Å². The number of sulfonamides is 2. The van der Waals surface area contributed by atoms with Crippen molar-refractivity contribution >= 4 is 35.3 Å². The molecule has 0 amide bonds. The van der Waals surface area contributed by atoms with Gasteiger partial charge in [-0.1, -0.05) is 13.3 Å². The van der Waals surface area contributed by atoms with Gasteiger partial charge in [0.15, 0.2) is 0 Å². The summed E-state index contributed by atoms with van der Waals surface area (Å²) in [5.41, 5.74) is -12.0. The van der Waals surface area contributed by atoms with Crippen molar-refractivity contribution in [1.29, 1.82) is 0 Å². The van der Waals surface area contributed by atoms with Crippen molar-refractivity contribution in [3.05, 3.63) is 0 Å². The number of nitrogens with one attached hydrogen (secondary N) is 2. The molecule has 0 bridgehead atoms. The Morgan fingerprint density at radius 3 is 1.36 bits per heavy atom. The number of hydrogen-bond donors (Lipinski definition) is 2. The first-order chi connectivity index (χ1) is 9.47. The van der Waals surface area contributed by atoms with E-state index < -0.39 is 47.4 Å². The third-order valence-electron chi connectivity index (χ3n) is 1.72. The normalized spacial score (nSPS) is 14.9. The predicted octanol–water partition coefficient (Wildman–Crippen LogP) is 0.582. The zero-order chi connectivity index (χ0) is 18.0. The Hall–Kier alpha value is -0.580. The van der Waals surface area contributed by atoms with Crippen molar-refractivity contribution in [2.45, 2.75) is 30.8 Å². The van der Waals surface area contributed by atoms with Crippen molar-refractivity contribution in [2.75, 3.05) is 0 Å². The summed E-state index contributed by atoms with van der Waals surface area (Å²) in [6, 6.07) is 0. The summed E-state index contributed by atoms with van der Waals surface area (Å²) in [6.07, 6.45) is -0.391.